The third kappa shape index (κ3) is 5.32. The molecule has 0 spiro atoms. The Morgan fingerprint density at radius 1 is 1.03 bits per heavy atom. The summed E-state index contributed by atoms with van der Waals surface area (Å²) in [6.07, 6.45) is 3.28. The van der Waals surface area contributed by atoms with Crippen LogP contribution in [0.2, 0.25) is 5.02 Å². The number of rotatable bonds is 9. The van der Waals surface area contributed by atoms with Crippen LogP contribution in [0.15, 0.2) is 72.6 Å². The molecule has 192 valence electrons. The van der Waals surface area contributed by atoms with Gasteiger partial charge < -0.3 is 19.6 Å². The van der Waals surface area contributed by atoms with Crippen LogP contribution in [0.3, 0.4) is 0 Å². The summed E-state index contributed by atoms with van der Waals surface area (Å²) in [6.45, 7) is 8.33. The number of aliphatic hydroxyl groups is 1. The lowest BCUT2D eigenvalue weighted by Crippen LogP contribution is -2.29. The lowest BCUT2D eigenvalue weighted by molar-refractivity contribution is -0.140. The summed E-state index contributed by atoms with van der Waals surface area (Å²) >= 11 is 6.43. The number of carbonyl (C=O) groups is 2. The van der Waals surface area contributed by atoms with Crippen molar-refractivity contribution in [1.82, 2.24) is 9.88 Å². The Kier molecular flexibility index (Phi) is 8.14. The third-order valence-electron chi connectivity index (χ3n) is 6.48. The van der Waals surface area contributed by atoms with E-state index in [4.69, 9.17) is 16.3 Å². The molecule has 1 amide bonds. The van der Waals surface area contributed by atoms with Crippen molar-refractivity contribution in [3.63, 3.8) is 0 Å². The lowest BCUT2D eigenvalue weighted by Gasteiger charge is -2.27. The van der Waals surface area contributed by atoms with Crippen LogP contribution < -0.4 is 9.64 Å². The number of ketones is 1. The van der Waals surface area contributed by atoms with Crippen LogP contribution in [0.5, 0.6) is 5.75 Å². The molecular formula is C29H30ClN3O4. The molecule has 1 aromatic heterocycles. The average Bonchev–Trinajstić information content (AvgIpc) is 3.16. The molecule has 0 radical (unpaired) electrons. The number of pyridine rings is 1. The predicted molar refractivity (Wildman–Crippen MR) is 145 cm³/mol. The first kappa shape index (κ1) is 26.2. The number of hydrogen-bond acceptors (Lipinski definition) is 6. The van der Waals surface area contributed by atoms with Gasteiger partial charge in [-0.1, -0.05) is 23.7 Å². The molecule has 1 N–H and O–H groups in total. The summed E-state index contributed by atoms with van der Waals surface area (Å²) in [5.41, 5.74) is 2.79. The second-order valence-electron chi connectivity index (χ2n) is 8.62. The van der Waals surface area contributed by atoms with Gasteiger partial charge >= 0.3 is 0 Å². The van der Waals surface area contributed by atoms with Gasteiger partial charge in [-0.25, -0.2) is 0 Å². The first-order valence-electron chi connectivity index (χ1n) is 12.3. The van der Waals surface area contributed by atoms with Gasteiger partial charge in [-0.2, -0.15) is 0 Å². The quantitative estimate of drug-likeness (QED) is 0.225. The molecule has 4 rings (SSSR count). The van der Waals surface area contributed by atoms with Gasteiger partial charge in [0.15, 0.2) is 0 Å². The number of halogens is 1. The summed E-state index contributed by atoms with van der Waals surface area (Å²) in [4.78, 5) is 34.4. The first-order valence-corrected chi connectivity index (χ1v) is 12.7. The number of aromatic nitrogens is 1. The Balaban J connectivity index is 1.86. The van der Waals surface area contributed by atoms with Crippen molar-refractivity contribution in [3.05, 3.63) is 94.3 Å². The zero-order valence-electron chi connectivity index (χ0n) is 21.1. The molecule has 8 heteroatoms. The van der Waals surface area contributed by atoms with E-state index in [0.29, 0.717) is 17.9 Å². The number of likely N-dealkylation sites (tertiary alicyclic amines) is 1. The van der Waals surface area contributed by atoms with E-state index in [2.05, 4.69) is 23.7 Å². The maximum atomic E-state index is 13.4. The summed E-state index contributed by atoms with van der Waals surface area (Å²) < 4.78 is 5.57. The van der Waals surface area contributed by atoms with Crippen molar-refractivity contribution in [1.29, 1.82) is 0 Å². The number of ether oxygens (including phenoxy) is 1. The van der Waals surface area contributed by atoms with E-state index in [-0.39, 0.29) is 28.5 Å². The zero-order valence-corrected chi connectivity index (χ0v) is 21.9. The molecule has 0 bridgehead atoms. The molecule has 2 heterocycles. The average molecular weight is 520 g/mol. The van der Waals surface area contributed by atoms with E-state index in [1.165, 1.54) is 4.90 Å². The highest BCUT2D eigenvalue weighted by atomic mass is 35.5. The molecule has 37 heavy (non-hydrogen) atoms. The van der Waals surface area contributed by atoms with E-state index < -0.39 is 17.7 Å². The molecule has 1 fully saturated rings. The number of carbonyl (C=O) groups excluding carboxylic acids is 2. The van der Waals surface area contributed by atoms with Crippen molar-refractivity contribution in [3.8, 4) is 5.75 Å². The van der Waals surface area contributed by atoms with Gasteiger partial charge in [0.25, 0.3) is 11.7 Å². The van der Waals surface area contributed by atoms with Gasteiger partial charge in [-0.3, -0.25) is 14.6 Å². The standard InChI is InChI=1S/C29H30ClN3O4/c1-4-32(5-2)21-9-7-20(8-10-21)26-25(27(34)23-17-22(37-6-3)11-12-24(23)30)28(35)29(36)33(26)18-19-13-15-31-16-14-19/h7-17,26,34H,4-6,18H2,1-3H3/b27-25+. The van der Waals surface area contributed by atoms with E-state index in [1.54, 1.807) is 42.7 Å². The van der Waals surface area contributed by atoms with E-state index >= 15 is 0 Å². The molecule has 2 aromatic carbocycles. The maximum Gasteiger partial charge on any atom is 0.295 e. The minimum absolute atomic E-state index is 0.00908. The molecule has 0 aliphatic carbocycles. The van der Waals surface area contributed by atoms with E-state index in [1.807, 2.05) is 31.2 Å². The smallest absolute Gasteiger partial charge is 0.295 e. The van der Waals surface area contributed by atoms with Crippen LogP contribution in [-0.2, 0) is 16.1 Å². The molecule has 1 atom stereocenters. The first-order chi connectivity index (χ1) is 17.9. The monoisotopic (exact) mass is 519 g/mol. The number of anilines is 1. The summed E-state index contributed by atoms with van der Waals surface area (Å²) in [6, 6.07) is 15.4. The SMILES string of the molecule is CCOc1ccc(Cl)c(/C(O)=C2\C(=O)C(=O)N(Cc3ccncc3)C2c2ccc(N(CC)CC)cc2)c1. The van der Waals surface area contributed by atoms with Crippen molar-refractivity contribution in [2.45, 2.75) is 33.4 Å². The van der Waals surface area contributed by atoms with Gasteiger partial charge in [-0.05, 0) is 74.4 Å². The predicted octanol–water partition coefficient (Wildman–Crippen LogP) is 5.60. The topological polar surface area (TPSA) is 83.0 Å². The van der Waals surface area contributed by atoms with E-state index in [0.717, 1.165) is 24.3 Å². The number of benzene rings is 2. The number of hydrogen-bond donors (Lipinski definition) is 1. The van der Waals surface area contributed by atoms with Crippen LogP contribution in [0.4, 0.5) is 5.69 Å². The van der Waals surface area contributed by atoms with Crippen molar-refractivity contribution >= 4 is 34.7 Å². The normalized spacial score (nSPS) is 16.8. The fourth-order valence-electron chi connectivity index (χ4n) is 4.62. The molecule has 7 nitrogen and oxygen atoms in total. The Morgan fingerprint density at radius 3 is 2.32 bits per heavy atom. The van der Waals surface area contributed by atoms with Gasteiger partial charge in [0.2, 0.25) is 0 Å². The van der Waals surface area contributed by atoms with Crippen LogP contribution in [0.1, 0.15) is 43.5 Å². The number of nitrogens with zero attached hydrogens (tertiary/aromatic N) is 3. The van der Waals surface area contributed by atoms with Crippen molar-refractivity contribution < 1.29 is 19.4 Å². The molecule has 1 unspecified atom stereocenters. The lowest BCUT2D eigenvalue weighted by atomic mass is 9.94. The molecule has 1 aliphatic rings. The fraction of sp³-hybridized carbons (Fsp3) is 0.276. The highest BCUT2D eigenvalue weighted by molar-refractivity contribution is 6.47. The summed E-state index contributed by atoms with van der Waals surface area (Å²) in [5, 5.41) is 11.7. The fourth-order valence-corrected chi connectivity index (χ4v) is 4.83. The van der Waals surface area contributed by atoms with Crippen LogP contribution in [0, 0.1) is 0 Å². The second-order valence-corrected chi connectivity index (χ2v) is 9.03. The number of aliphatic hydroxyl groups excluding tert-OH is 1. The molecular weight excluding hydrogens is 490 g/mol. The van der Waals surface area contributed by atoms with Gasteiger partial charge in [0.05, 0.1) is 23.2 Å². The Morgan fingerprint density at radius 2 is 1.70 bits per heavy atom. The van der Waals surface area contributed by atoms with Crippen LogP contribution >= 0.6 is 11.6 Å². The molecule has 1 aliphatic heterocycles. The highest BCUT2D eigenvalue weighted by Crippen LogP contribution is 2.42. The minimum Gasteiger partial charge on any atom is -0.507 e. The largest absolute Gasteiger partial charge is 0.507 e. The maximum absolute atomic E-state index is 13.4. The summed E-state index contributed by atoms with van der Waals surface area (Å²) in [5.74, 6) is -1.28. The number of Topliss-reactive ketones (excluding diaryl/α,β-unsaturated/α-hetero) is 1. The molecule has 0 saturated carbocycles. The summed E-state index contributed by atoms with van der Waals surface area (Å²) in [7, 11) is 0. The van der Waals surface area contributed by atoms with Gasteiger partial charge in [-0.15, -0.1) is 0 Å². The van der Waals surface area contributed by atoms with Crippen LogP contribution in [-0.4, -0.2) is 46.4 Å². The molecule has 3 aromatic rings. The second kappa shape index (κ2) is 11.5. The van der Waals surface area contributed by atoms with Crippen molar-refractivity contribution in [2.75, 3.05) is 24.6 Å². The van der Waals surface area contributed by atoms with Gasteiger partial charge in [0.1, 0.15) is 11.5 Å². The highest BCUT2D eigenvalue weighted by Gasteiger charge is 2.46. The van der Waals surface area contributed by atoms with E-state index in [9.17, 15) is 14.7 Å². The van der Waals surface area contributed by atoms with Gasteiger partial charge in [0, 0.05) is 43.3 Å². The van der Waals surface area contributed by atoms with Crippen molar-refractivity contribution in [2.24, 2.45) is 0 Å². The minimum atomic E-state index is -0.800. The van der Waals surface area contributed by atoms with Crippen LogP contribution in [0.25, 0.3) is 5.76 Å². The Labute approximate surface area is 222 Å². The zero-order chi connectivity index (χ0) is 26.5. The Bertz CT molecular complexity index is 1300. The molecule has 1 saturated heterocycles. The number of amides is 1. The third-order valence-corrected chi connectivity index (χ3v) is 6.81. The Hall–Kier alpha value is -3.84.